The number of hydrogen-bond donors (Lipinski definition) is 2. The molecular weight excluding hydrogens is 366 g/mol. The van der Waals surface area contributed by atoms with Crippen molar-refractivity contribution < 1.29 is 14.4 Å². The maximum Gasteiger partial charge on any atom is 0.254 e. The zero-order chi connectivity index (χ0) is 20.8. The number of aryl methyl sites for hydroxylation is 1. The molecular formula is C23H33N3O3. The molecule has 2 aliphatic rings. The summed E-state index contributed by atoms with van der Waals surface area (Å²) in [6.07, 6.45) is 6.95. The second-order valence-electron chi connectivity index (χ2n) is 8.42. The molecule has 1 aromatic carbocycles. The fraction of sp³-hybridized carbons (Fsp3) is 0.609. The van der Waals surface area contributed by atoms with Crippen LogP contribution in [0.1, 0.15) is 67.8 Å². The van der Waals surface area contributed by atoms with E-state index in [2.05, 4.69) is 17.6 Å². The molecule has 0 bridgehead atoms. The molecule has 1 aliphatic heterocycles. The molecule has 1 saturated heterocycles. The fourth-order valence-electron chi connectivity index (χ4n) is 4.40. The first-order valence-corrected chi connectivity index (χ1v) is 11.0. The molecule has 0 unspecified atom stereocenters. The van der Waals surface area contributed by atoms with E-state index >= 15 is 0 Å². The number of benzene rings is 1. The van der Waals surface area contributed by atoms with Gasteiger partial charge >= 0.3 is 0 Å². The molecule has 2 N–H and O–H groups in total. The van der Waals surface area contributed by atoms with Gasteiger partial charge < -0.3 is 15.5 Å². The van der Waals surface area contributed by atoms with Crippen LogP contribution in [-0.2, 0) is 9.59 Å². The van der Waals surface area contributed by atoms with E-state index in [0.29, 0.717) is 37.3 Å². The highest BCUT2D eigenvalue weighted by Gasteiger charge is 2.26. The summed E-state index contributed by atoms with van der Waals surface area (Å²) in [7, 11) is 0. The third kappa shape index (κ3) is 5.58. The van der Waals surface area contributed by atoms with Gasteiger partial charge in [0.2, 0.25) is 11.8 Å². The van der Waals surface area contributed by atoms with E-state index in [1.54, 1.807) is 17.0 Å². The summed E-state index contributed by atoms with van der Waals surface area (Å²) in [5, 5.41) is 5.85. The van der Waals surface area contributed by atoms with E-state index in [-0.39, 0.29) is 23.6 Å². The predicted molar refractivity (Wildman–Crippen MR) is 114 cm³/mol. The molecule has 2 fully saturated rings. The number of carbonyl (C=O) groups excluding carboxylic acids is 3. The Morgan fingerprint density at radius 2 is 1.93 bits per heavy atom. The molecule has 1 heterocycles. The van der Waals surface area contributed by atoms with Crippen molar-refractivity contribution in [2.75, 3.05) is 25.0 Å². The average molecular weight is 400 g/mol. The molecule has 3 amide bonds. The van der Waals surface area contributed by atoms with Crippen molar-refractivity contribution in [1.82, 2.24) is 10.2 Å². The second kappa shape index (κ2) is 9.90. The lowest BCUT2D eigenvalue weighted by atomic mass is 9.79. The third-order valence-electron chi connectivity index (χ3n) is 6.26. The van der Waals surface area contributed by atoms with Gasteiger partial charge in [-0.1, -0.05) is 25.8 Å². The van der Waals surface area contributed by atoms with Crippen LogP contribution in [0, 0.1) is 18.8 Å². The van der Waals surface area contributed by atoms with Gasteiger partial charge in [0.15, 0.2) is 0 Å². The van der Waals surface area contributed by atoms with Crippen LogP contribution in [0.2, 0.25) is 0 Å². The molecule has 29 heavy (non-hydrogen) atoms. The number of amides is 3. The monoisotopic (exact) mass is 399 g/mol. The van der Waals surface area contributed by atoms with Crippen LogP contribution >= 0.6 is 0 Å². The SMILES string of the molecule is CCCC1CCC(C(=O)Nc2cc(C(=O)N3CCNC(=O)CC3)ccc2C)CC1. The Morgan fingerprint density at radius 3 is 2.66 bits per heavy atom. The zero-order valence-corrected chi connectivity index (χ0v) is 17.6. The van der Waals surface area contributed by atoms with E-state index in [0.717, 1.165) is 37.2 Å². The van der Waals surface area contributed by atoms with E-state index in [1.165, 1.54) is 12.8 Å². The Labute approximate surface area is 173 Å². The van der Waals surface area contributed by atoms with Crippen LogP contribution in [0.25, 0.3) is 0 Å². The molecule has 158 valence electrons. The van der Waals surface area contributed by atoms with Gasteiger partial charge in [-0.05, 0) is 56.2 Å². The summed E-state index contributed by atoms with van der Waals surface area (Å²) in [6.45, 7) is 5.55. The summed E-state index contributed by atoms with van der Waals surface area (Å²) in [4.78, 5) is 38.9. The number of carbonyl (C=O) groups is 3. The highest BCUT2D eigenvalue weighted by Crippen LogP contribution is 2.32. The molecule has 6 nitrogen and oxygen atoms in total. The molecule has 1 aromatic rings. The first kappa shape index (κ1) is 21.3. The Morgan fingerprint density at radius 1 is 1.17 bits per heavy atom. The normalized spacial score (nSPS) is 22.6. The minimum atomic E-state index is -0.0999. The largest absolute Gasteiger partial charge is 0.354 e. The highest BCUT2D eigenvalue weighted by atomic mass is 16.2. The van der Waals surface area contributed by atoms with Gasteiger partial charge in [-0.3, -0.25) is 14.4 Å². The minimum absolute atomic E-state index is 0.0224. The molecule has 3 rings (SSSR count). The van der Waals surface area contributed by atoms with Crippen molar-refractivity contribution in [2.24, 2.45) is 11.8 Å². The zero-order valence-electron chi connectivity index (χ0n) is 17.6. The molecule has 0 radical (unpaired) electrons. The first-order valence-electron chi connectivity index (χ1n) is 11.0. The lowest BCUT2D eigenvalue weighted by Crippen LogP contribution is -2.34. The Bertz CT molecular complexity index is 754. The highest BCUT2D eigenvalue weighted by molar-refractivity contribution is 5.98. The maximum absolute atomic E-state index is 12.9. The smallest absolute Gasteiger partial charge is 0.254 e. The van der Waals surface area contributed by atoms with E-state index in [4.69, 9.17) is 0 Å². The summed E-state index contributed by atoms with van der Waals surface area (Å²) < 4.78 is 0. The molecule has 0 aromatic heterocycles. The van der Waals surface area contributed by atoms with Crippen LogP contribution in [0.15, 0.2) is 18.2 Å². The van der Waals surface area contributed by atoms with Crippen LogP contribution < -0.4 is 10.6 Å². The third-order valence-corrected chi connectivity index (χ3v) is 6.26. The van der Waals surface area contributed by atoms with Crippen LogP contribution in [0.3, 0.4) is 0 Å². The van der Waals surface area contributed by atoms with Crippen molar-refractivity contribution in [3.8, 4) is 0 Å². The Balaban J connectivity index is 1.63. The van der Waals surface area contributed by atoms with Crippen molar-refractivity contribution >= 4 is 23.4 Å². The van der Waals surface area contributed by atoms with Crippen molar-refractivity contribution in [1.29, 1.82) is 0 Å². The lowest BCUT2D eigenvalue weighted by Gasteiger charge is -2.27. The quantitative estimate of drug-likeness (QED) is 0.795. The first-order chi connectivity index (χ1) is 14.0. The van der Waals surface area contributed by atoms with Crippen molar-refractivity contribution in [3.63, 3.8) is 0 Å². The standard InChI is InChI=1S/C23H33N3O3/c1-3-4-17-6-9-18(10-7-17)22(28)25-20-15-19(8-5-16(20)2)23(29)26-13-11-21(27)24-12-14-26/h5,8,15,17-18H,3-4,6-7,9-14H2,1-2H3,(H,24,27)(H,25,28). The maximum atomic E-state index is 12.9. The summed E-state index contributed by atoms with van der Waals surface area (Å²) >= 11 is 0. The van der Waals surface area contributed by atoms with Gasteiger partial charge in [-0.2, -0.15) is 0 Å². The molecule has 6 heteroatoms. The summed E-state index contributed by atoms with van der Waals surface area (Å²) in [5.74, 6) is 0.770. The van der Waals surface area contributed by atoms with Crippen LogP contribution in [0.5, 0.6) is 0 Å². The van der Waals surface area contributed by atoms with E-state index < -0.39 is 0 Å². The van der Waals surface area contributed by atoms with Crippen molar-refractivity contribution in [3.05, 3.63) is 29.3 Å². The average Bonchev–Trinajstić information content (AvgIpc) is 2.94. The van der Waals surface area contributed by atoms with Crippen LogP contribution in [-0.4, -0.2) is 42.3 Å². The number of anilines is 1. The number of nitrogens with zero attached hydrogens (tertiary/aromatic N) is 1. The van der Waals surface area contributed by atoms with Gasteiger partial charge in [0.25, 0.3) is 5.91 Å². The Hall–Kier alpha value is -2.37. The topological polar surface area (TPSA) is 78.5 Å². The van der Waals surface area contributed by atoms with Gasteiger partial charge in [-0.25, -0.2) is 0 Å². The second-order valence-corrected chi connectivity index (χ2v) is 8.42. The van der Waals surface area contributed by atoms with Gasteiger partial charge in [0, 0.05) is 43.2 Å². The molecule has 0 spiro atoms. The molecule has 1 aliphatic carbocycles. The van der Waals surface area contributed by atoms with E-state index in [9.17, 15) is 14.4 Å². The van der Waals surface area contributed by atoms with Gasteiger partial charge in [0.1, 0.15) is 0 Å². The predicted octanol–water partition coefficient (Wildman–Crippen LogP) is 3.50. The Kier molecular flexibility index (Phi) is 7.29. The van der Waals surface area contributed by atoms with E-state index in [1.807, 2.05) is 13.0 Å². The van der Waals surface area contributed by atoms with Crippen LogP contribution in [0.4, 0.5) is 5.69 Å². The number of hydrogen-bond acceptors (Lipinski definition) is 3. The number of rotatable bonds is 5. The summed E-state index contributed by atoms with van der Waals surface area (Å²) in [5.41, 5.74) is 2.20. The fourth-order valence-corrected chi connectivity index (χ4v) is 4.40. The summed E-state index contributed by atoms with van der Waals surface area (Å²) in [6, 6.07) is 5.45. The lowest BCUT2D eigenvalue weighted by molar-refractivity contribution is -0.121. The van der Waals surface area contributed by atoms with Gasteiger partial charge in [-0.15, -0.1) is 0 Å². The molecule has 1 saturated carbocycles. The number of nitrogens with one attached hydrogen (secondary N) is 2. The molecule has 0 atom stereocenters. The van der Waals surface area contributed by atoms with Gasteiger partial charge in [0.05, 0.1) is 0 Å². The van der Waals surface area contributed by atoms with Crippen molar-refractivity contribution in [2.45, 2.75) is 58.8 Å². The minimum Gasteiger partial charge on any atom is -0.354 e.